The Kier molecular flexibility index (Phi) is 4.62. The highest BCUT2D eigenvalue weighted by Gasteiger charge is 2.36. The number of halogens is 3. The first-order valence-electron chi connectivity index (χ1n) is 6.40. The Hall–Kier alpha value is -0.890. The van der Waals surface area contributed by atoms with E-state index in [1.807, 2.05) is 11.8 Å². The van der Waals surface area contributed by atoms with Crippen molar-refractivity contribution in [2.24, 2.45) is 0 Å². The van der Waals surface area contributed by atoms with E-state index >= 15 is 0 Å². The second-order valence-electron chi connectivity index (χ2n) is 4.64. The third-order valence-corrected chi connectivity index (χ3v) is 3.81. The summed E-state index contributed by atoms with van der Waals surface area (Å²) in [5, 5.41) is 3.71. The molecule has 1 saturated heterocycles. The fourth-order valence-electron chi connectivity index (χ4n) is 2.17. The van der Waals surface area contributed by atoms with Gasteiger partial charge in [-0.15, -0.1) is 0 Å². The molecule has 19 heavy (non-hydrogen) atoms. The molecule has 4 nitrogen and oxygen atoms in total. The highest BCUT2D eigenvalue weighted by Crippen LogP contribution is 2.30. The molecule has 1 aromatic rings. The van der Waals surface area contributed by atoms with Gasteiger partial charge in [0, 0.05) is 30.7 Å². The molecule has 2 heterocycles. The van der Waals surface area contributed by atoms with Gasteiger partial charge in [-0.05, 0) is 25.8 Å². The number of aromatic nitrogens is 2. The van der Waals surface area contributed by atoms with Gasteiger partial charge in [-0.1, -0.05) is 6.92 Å². The summed E-state index contributed by atoms with van der Waals surface area (Å²) in [5.41, 5.74) is 0. The number of hydrogen-bond donors (Lipinski definition) is 1. The van der Waals surface area contributed by atoms with Gasteiger partial charge in [-0.2, -0.15) is 22.5 Å². The van der Waals surface area contributed by atoms with Crippen molar-refractivity contribution >= 4 is 16.7 Å². The number of anilines is 1. The SMILES string of the molecule is CCCN(CC1CCCN1)c1nc(C(F)(F)F)ns1. The smallest absolute Gasteiger partial charge is 0.345 e. The fourth-order valence-corrected chi connectivity index (χ4v) is 2.89. The monoisotopic (exact) mass is 294 g/mol. The van der Waals surface area contributed by atoms with Crippen LogP contribution in [0.3, 0.4) is 0 Å². The lowest BCUT2D eigenvalue weighted by Gasteiger charge is -2.24. The third-order valence-electron chi connectivity index (χ3n) is 3.04. The number of hydrogen-bond acceptors (Lipinski definition) is 5. The maximum Gasteiger partial charge on any atom is 0.452 e. The molecule has 0 saturated carbocycles. The van der Waals surface area contributed by atoms with Crippen LogP contribution in [0.2, 0.25) is 0 Å². The molecule has 1 aliphatic rings. The molecule has 1 aliphatic heterocycles. The third kappa shape index (κ3) is 3.79. The van der Waals surface area contributed by atoms with Crippen molar-refractivity contribution in [2.75, 3.05) is 24.5 Å². The highest BCUT2D eigenvalue weighted by atomic mass is 32.1. The van der Waals surface area contributed by atoms with Gasteiger partial charge in [0.05, 0.1) is 0 Å². The van der Waals surface area contributed by atoms with Crippen LogP contribution in [0, 0.1) is 0 Å². The van der Waals surface area contributed by atoms with Gasteiger partial charge in [-0.3, -0.25) is 0 Å². The number of nitrogens with zero attached hydrogens (tertiary/aromatic N) is 3. The molecule has 0 spiro atoms. The molecular weight excluding hydrogens is 277 g/mol. The minimum atomic E-state index is -4.46. The Labute approximate surface area is 114 Å². The molecular formula is C11H17F3N4S. The van der Waals surface area contributed by atoms with Crippen molar-refractivity contribution in [2.45, 2.75) is 38.4 Å². The van der Waals surface area contributed by atoms with Gasteiger partial charge in [0.25, 0.3) is 0 Å². The Morgan fingerprint density at radius 1 is 1.47 bits per heavy atom. The van der Waals surface area contributed by atoms with E-state index in [9.17, 15) is 13.2 Å². The standard InChI is InChI=1S/C11H17F3N4S/c1-2-6-18(7-8-4-3-5-15-8)10-16-9(17-19-10)11(12,13)14/h8,15H,2-7H2,1H3. The van der Waals surface area contributed by atoms with Gasteiger partial charge in [-0.25, -0.2) is 0 Å². The number of nitrogens with one attached hydrogen (secondary N) is 1. The molecule has 1 unspecified atom stereocenters. The zero-order chi connectivity index (χ0) is 13.9. The van der Waals surface area contributed by atoms with Crippen molar-refractivity contribution in [1.29, 1.82) is 0 Å². The zero-order valence-corrected chi connectivity index (χ0v) is 11.5. The van der Waals surface area contributed by atoms with Crippen molar-refractivity contribution in [3.8, 4) is 0 Å². The molecule has 0 aliphatic carbocycles. The van der Waals surface area contributed by atoms with E-state index < -0.39 is 12.0 Å². The number of rotatable bonds is 5. The summed E-state index contributed by atoms with van der Waals surface area (Å²) < 4.78 is 40.9. The van der Waals surface area contributed by atoms with E-state index in [0.717, 1.165) is 37.3 Å². The minimum absolute atomic E-state index is 0.338. The van der Waals surface area contributed by atoms with Gasteiger partial charge in [0.1, 0.15) is 0 Å². The largest absolute Gasteiger partial charge is 0.452 e. The van der Waals surface area contributed by atoms with E-state index in [1.165, 1.54) is 0 Å². The van der Waals surface area contributed by atoms with E-state index in [2.05, 4.69) is 14.7 Å². The van der Waals surface area contributed by atoms with Gasteiger partial charge < -0.3 is 10.2 Å². The molecule has 1 fully saturated rings. The van der Waals surface area contributed by atoms with Crippen molar-refractivity contribution in [1.82, 2.24) is 14.7 Å². The van der Waals surface area contributed by atoms with Crippen LogP contribution in [-0.4, -0.2) is 35.0 Å². The van der Waals surface area contributed by atoms with Crippen LogP contribution in [0.5, 0.6) is 0 Å². The summed E-state index contributed by atoms with van der Waals surface area (Å²) in [7, 11) is 0. The Morgan fingerprint density at radius 3 is 2.79 bits per heavy atom. The Balaban J connectivity index is 2.07. The first-order chi connectivity index (χ1) is 9.00. The van der Waals surface area contributed by atoms with Gasteiger partial charge in [0.2, 0.25) is 11.0 Å². The zero-order valence-electron chi connectivity index (χ0n) is 10.7. The Morgan fingerprint density at radius 2 is 2.26 bits per heavy atom. The fraction of sp³-hybridized carbons (Fsp3) is 0.818. The van der Waals surface area contributed by atoms with Crippen LogP contribution in [0.4, 0.5) is 18.3 Å². The molecule has 0 radical (unpaired) electrons. The topological polar surface area (TPSA) is 41.0 Å². The molecule has 1 atom stereocenters. The average molecular weight is 294 g/mol. The minimum Gasteiger partial charge on any atom is -0.345 e. The van der Waals surface area contributed by atoms with E-state index in [1.54, 1.807) is 0 Å². The molecule has 8 heteroatoms. The Bertz CT molecular complexity index is 401. The van der Waals surface area contributed by atoms with Crippen LogP contribution in [0.25, 0.3) is 0 Å². The molecule has 0 amide bonds. The van der Waals surface area contributed by atoms with Crippen LogP contribution in [-0.2, 0) is 6.18 Å². The first kappa shape index (κ1) is 14.5. The summed E-state index contributed by atoms with van der Waals surface area (Å²) in [6.07, 6.45) is -1.41. The molecule has 108 valence electrons. The maximum atomic E-state index is 12.5. The summed E-state index contributed by atoms with van der Waals surface area (Å²) in [4.78, 5) is 5.52. The number of alkyl halides is 3. The van der Waals surface area contributed by atoms with E-state index in [0.29, 0.717) is 24.3 Å². The lowest BCUT2D eigenvalue weighted by molar-refractivity contribution is -0.144. The van der Waals surface area contributed by atoms with E-state index in [4.69, 9.17) is 0 Å². The lowest BCUT2D eigenvalue weighted by atomic mass is 10.2. The lowest BCUT2D eigenvalue weighted by Crippen LogP contribution is -2.38. The second-order valence-corrected chi connectivity index (χ2v) is 5.37. The normalized spacial score (nSPS) is 19.9. The van der Waals surface area contributed by atoms with Crippen molar-refractivity contribution in [3.63, 3.8) is 0 Å². The van der Waals surface area contributed by atoms with Crippen molar-refractivity contribution in [3.05, 3.63) is 5.82 Å². The second kappa shape index (κ2) is 6.04. The van der Waals surface area contributed by atoms with Crippen LogP contribution in [0.15, 0.2) is 0 Å². The molecule has 0 bridgehead atoms. The molecule has 0 aromatic carbocycles. The predicted molar refractivity (Wildman–Crippen MR) is 68.4 cm³/mol. The molecule has 2 rings (SSSR count). The van der Waals surface area contributed by atoms with Crippen LogP contribution >= 0.6 is 11.5 Å². The predicted octanol–water partition coefficient (Wildman–Crippen LogP) is 2.53. The highest BCUT2D eigenvalue weighted by molar-refractivity contribution is 7.09. The van der Waals surface area contributed by atoms with Crippen LogP contribution < -0.4 is 10.2 Å². The van der Waals surface area contributed by atoms with Gasteiger partial charge >= 0.3 is 6.18 Å². The molecule has 1 aromatic heterocycles. The van der Waals surface area contributed by atoms with Gasteiger partial charge in [0.15, 0.2) is 0 Å². The summed E-state index contributed by atoms with van der Waals surface area (Å²) in [6.45, 7) is 4.38. The summed E-state index contributed by atoms with van der Waals surface area (Å²) in [5.74, 6) is -1.03. The van der Waals surface area contributed by atoms with Crippen LogP contribution in [0.1, 0.15) is 32.0 Å². The van der Waals surface area contributed by atoms with Crippen molar-refractivity contribution < 1.29 is 13.2 Å². The summed E-state index contributed by atoms with van der Waals surface area (Å²) >= 11 is 0.825. The van der Waals surface area contributed by atoms with E-state index in [-0.39, 0.29) is 0 Å². The summed E-state index contributed by atoms with van der Waals surface area (Å²) in [6, 6.07) is 0.338. The average Bonchev–Trinajstić information content (AvgIpc) is 2.98. The molecule has 1 N–H and O–H groups in total. The quantitative estimate of drug-likeness (QED) is 0.906. The maximum absolute atomic E-state index is 12.5. The first-order valence-corrected chi connectivity index (χ1v) is 7.17.